The summed E-state index contributed by atoms with van der Waals surface area (Å²) in [6, 6.07) is 9.06. The van der Waals surface area contributed by atoms with Crippen molar-refractivity contribution in [2.75, 3.05) is 46.3 Å². The van der Waals surface area contributed by atoms with E-state index in [2.05, 4.69) is 56.6 Å². The van der Waals surface area contributed by atoms with Gasteiger partial charge in [0.25, 0.3) is 0 Å². The Hall–Kier alpha value is -1.59. The second-order valence-corrected chi connectivity index (χ2v) is 8.36. The van der Waals surface area contributed by atoms with E-state index < -0.39 is 0 Å². The largest absolute Gasteiger partial charge is 0.356 e. The highest BCUT2D eigenvalue weighted by Crippen LogP contribution is 2.15. The fraction of sp³-hybridized carbons (Fsp3) is 0.696. The summed E-state index contributed by atoms with van der Waals surface area (Å²) in [4.78, 5) is 9.53. The van der Waals surface area contributed by atoms with Crippen molar-refractivity contribution in [3.05, 3.63) is 35.4 Å². The van der Waals surface area contributed by atoms with Gasteiger partial charge in [0.2, 0.25) is 0 Å². The zero-order valence-corrected chi connectivity index (χ0v) is 17.9. The van der Waals surface area contributed by atoms with E-state index in [-0.39, 0.29) is 0 Å². The molecule has 1 unspecified atom stereocenters. The summed E-state index contributed by atoms with van der Waals surface area (Å²) in [5.41, 5.74) is 2.73. The van der Waals surface area contributed by atoms with Crippen LogP contribution in [0.2, 0.25) is 0 Å². The minimum atomic E-state index is 0.723. The number of hydrogen-bond donors (Lipinski definition) is 2. The van der Waals surface area contributed by atoms with Gasteiger partial charge in [0.1, 0.15) is 0 Å². The summed E-state index contributed by atoms with van der Waals surface area (Å²) in [6.45, 7) is 11.3. The first kappa shape index (κ1) is 21.1. The van der Waals surface area contributed by atoms with Gasteiger partial charge in [-0.05, 0) is 68.9 Å². The van der Waals surface area contributed by atoms with Crippen LogP contribution < -0.4 is 10.6 Å². The van der Waals surface area contributed by atoms with Crippen molar-refractivity contribution in [3.63, 3.8) is 0 Å². The van der Waals surface area contributed by atoms with E-state index in [1.54, 1.807) is 0 Å². The molecule has 156 valence electrons. The number of nitrogens with one attached hydrogen (secondary N) is 2. The molecule has 2 saturated heterocycles. The van der Waals surface area contributed by atoms with Crippen molar-refractivity contribution in [2.45, 2.75) is 52.1 Å². The Labute approximate surface area is 171 Å². The Balaban J connectivity index is 1.39. The van der Waals surface area contributed by atoms with Crippen molar-refractivity contribution in [1.29, 1.82) is 0 Å². The molecule has 2 aliphatic heterocycles. The van der Waals surface area contributed by atoms with Crippen LogP contribution in [0.1, 0.15) is 50.2 Å². The Morgan fingerprint density at radius 1 is 0.964 bits per heavy atom. The molecule has 1 aromatic rings. The molecular weight excluding hydrogens is 346 g/mol. The topological polar surface area (TPSA) is 42.9 Å². The van der Waals surface area contributed by atoms with Crippen LogP contribution in [0.5, 0.6) is 0 Å². The van der Waals surface area contributed by atoms with Crippen LogP contribution in [0, 0.1) is 5.92 Å². The van der Waals surface area contributed by atoms with Crippen LogP contribution in [0.25, 0.3) is 0 Å². The molecule has 2 N–H and O–H groups in total. The van der Waals surface area contributed by atoms with E-state index in [1.807, 2.05) is 7.05 Å². The van der Waals surface area contributed by atoms with Crippen molar-refractivity contribution < 1.29 is 0 Å². The van der Waals surface area contributed by atoms with E-state index in [9.17, 15) is 0 Å². The van der Waals surface area contributed by atoms with E-state index in [0.717, 1.165) is 38.1 Å². The zero-order valence-electron chi connectivity index (χ0n) is 17.9. The van der Waals surface area contributed by atoms with E-state index in [4.69, 9.17) is 0 Å². The number of piperidine rings is 2. The van der Waals surface area contributed by atoms with Gasteiger partial charge in [0, 0.05) is 33.2 Å². The van der Waals surface area contributed by atoms with Crippen molar-refractivity contribution in [2.24, 2.45) is 10.9 Å². The first-order valence-electron chi connectivity index (χ1n) is 11.2. The Kier molecular flexibility index (Phi) is 8.62. The average molecular weight is 386 g/mol. The normalized spacial score (nSPS) is 22.2. The molecule has 28 heavy (non-hydrogen) atoms. The van der Waals surface area contributed by atoms with E-state index in [1.165, 1.54) is 69.4 Å². The highest BCUT2D eigenvalue weighted by atomic mass is 15.2. The lowest BCUT2D eigenvalue weighted by Crippen LogP contribution is -2.44. The third-order valence-corrected chi connectivity index (χ3v) is 6.17. The first-order chi connectivity index (χ1) is 13.8. The average Bonchev–Trinajstić information content (AvgIpc) is 2.76. The molecule has 3 rings (SSSR count). The van der Waals surface area contributed by atoms with Gasteiger partial charge in [-0.25, -0.2) is 0 Å². The van der Waals surface area contributed by atoms with Gasteiger partial charge in [0.15, 0.2) is 5.96 Å². The van der Waals surface area contributed by atoms with Gasteiger partial charge in [-0.3, -0.25) is 9.89 Å². The Bertz CT molecular complexity index is 592. The fourth-order valence-electron chi connectivity index (χ4n) is 4.39. The smallest absolute Gasteiger partial charge is 0.191 e. The van der Waals surface area contributed by atoms with Gasteiger partial charge in [0.05, 0.1) is 0 Å². The Morgan fingerprint density at radius 3 is 2.39 bits per heavy atom. The number of hydrogen-bond acceptors (Lipinski definition) is 3. The molecule has 2 heterocycles. The standard InChI is InChI=1S/C23H39N5/c1-3-27-15-7-8-22(19-27)17-26-23(24-2)25-16-20-9-11-21(12-10-20)18-28-13-5-4-6-14-28/h9-12,22H,3-8,13-19H2,1-2H3,(H2,24,25,26). The van der Waals surface area contributed by atoms with Gasteiger partial charge >= 0.3 is 0 Å². The summed E-state index contributed by atoms with van der Waals surface area (Å²) in [6.07, 6.45) is 6.74. The molecule has 0 radical (unpaired) electrons. The van der Waals surface area contributed by atoms with Gasteiger partial charge in [-0.15, -0.1) is 0 Å². The molecule has 2 aliphatic rings. The van der Waals surface area contributed by atoms with Gasteiger partial charge < -0.3 is 15.5 Å². The second-order valence-electron chi connectivity index (χ2n) is 8.36. The first-order valence-corrected chi connectivity index (χ1v) is 11.2. The number of likely N-dealkylation sites (tertiary alicyclic amines) is 2. The van der Waals surface area contributed by atoms with Crippen LogP contribution in [-0.4, -0.2) is 62.1 Å². The molecular formula is C23H39N5. The molecule has 0 amide bonds. The summed E-state index contributed by atoms with van der Waals surface area (Å²) < 4.78 is 0. The number of benzene rings is 1. The van der Waals surface area contributed by atoms with Crippen molar-refractivity contribution in [1.82, 2.24) is 20.4 Å². The number of rotatable bonds is 7. The Morgan fingerprint density at radius 2 is 1.68 bits per heavy atom. The predicted octanol–water partition coefficient (Wildman–Crippen LogP) is 3.07. The lowest BCUT2D eigenvalue weighted by atomic mass is 9.98. The van der Waals surface area contributed by atoms with Crippen LogP contribution in [0.3, 0.4) is 0 Å². The summed E-state index contributed by atoms with van der Waals surface area (Å²) in [5.74, 6) is 1.63. The quantitative estimate of drug-likeness (QED) is 0.559. The molecule has 5 heteroatoms. The molecule has 0 spiro atoms. The van der Waals surface area contributed by atoms with Gasteiger partial charge in [-0.1, -0.05) is 37.6 Å². The summed E-state index contributed by atoms with van der Waals surface area (Å²) in [5, 5.41) is 6.99. The minimum Gasteiger partial charge on any atom is -0.356 e. The third kappa shape index (κ3) is 6.78. The predicted molar refractivity (Wildman–Crippen MR) is 119 cm³/mol. The molecule has 0 bridgehead atoms. The third-order valence-electron chi connectivity index (χ3n) is 6.17. The summed E-state index contributed by atoms with van der Waals surface area (Å²) >= 11 is 0. The molecule has 2 fully saturated rings. The minimum absolute atomic E-state index is 0.723. The monoisotopic (exact) mass is 385 g/mol. The van der Waals surface area contributed by atoms with Gasteiger partial charge in [-0.2, -0.15) is 0 Å². The van der Waals surface area contributed by atoms with Crippen molar-refractivity contribution in [3.8, 4) is 0 Å². The fourth-order valence-corrected chi connectivity index (χ4v) is 4.39. The van der Waals surface area contributed by atoms with Crippen LogP contribution >= 0.6 is 0 Å². The van der Waals surface area contributed by atoms with E-state index in [0.29, 0.717) is 0 Å². The van der Waals surface area contributed by atoms with Crippen LogP contribution in [-0.2, 0) is 13.1 Å². The summed E-state index contributed by atoms with van der Waals surface area (Å²) in [7, 11) is 1.86. The maximum Gasteiger partial charge on any atom is 0.191 e. The molecule has 0 saturated carbocycles. The maximum atomic E-state index is 4.40. The number of guanidine groups is 1. The highest BCUT2D eigenvalue weighted by Gasteiger charge is 2.18. The van der Waals surface area contributed by atoms with Crippen LogP contribution in [0.4, 0.5) is 0 Å². The SMILES string of the molecule is CCN1CCCC(CNC(=NC)NCc2ccc(CN3CCCCC3)cc2)C1. The molecule has 0 aliphatic carbocycles. The lowest BCUT2D eigenvalue weighted by Gasteiger charge is -2.32. The van der Waals surface area contributed by atoms with E-state index >= 15 is 0 Å². The molecule has 5 nitrogen and oxygen atoms in total. The molecule has 0 aromatic heterocycles. The van der Waals surface area contributed by atoms with Crippen molar-refractivity contribution >= 4 is 5.96 Å². The lowest BCUT2D eigenvalue weighted by molar-refractivity contribution is 0.183. The molecule has 1 aromatic carbocycles. The molecule has 1 atom stereocenters. The maximum absolute atomic E-state index is 4.40. The van der Waals surface area contributed by atoms with Crippen LogP contribution in [0.15, 0.2) is 29.3 Å². The number of nitrogens with zero attached hydrogens (tertiary/aromatic N) is 3. The second kappa shape index (κ2) is 11.4. The zero-order chi connectivity index (χ0) is 19.6. The highest BCUT2D eigenvalue weighted by molar-refractivity contribution is 5.79. The number of aliphatic imine (C=N–C) groups is 1.